The van der Waals surface area contributed by atoms with Crippen molar-refractivity contribution in [2.24, 2.45) is 0 Å². The molecule has 0 bridgehead atoms. The van der Waals surface area contributed by atoms with Crippen molar-refractivity contribution in [1.82, 2.24) is 0 Å². The van der Waals surface area contributed by atoms with Gasteiger partial charge >= 0.3 is 11.9 Å². The lowest BCUT2D eigenvalue weighted by atomic mass is 10.1. The second-order valence-corrected chi connectivity index (χ2v) is 5.12. The van der Waals surface area contributed by atoms with Gasteiger partial charge in [-0.15, -0.1) is 0 Å². The molecule has 0 heterocycles. The fourth-order valence-electron chi connectivity index (χ4n) is 2.00. The SMILES string of the molecule is CCCCCOC(=O)c1ccc(C(=O)Oc2ccccc2)cc1. The third-order valence-electron chi connectivity index (χ3n) is 3.29. The van der Waals surface area contributed by atoms with Gasteiger partial charge in [0.1, 0.15) is 5.75 Å². The van der Waals surface area contributed by atoms with Crippen molar-refractivity contribution < 1.29 is 19.1 Å². The summed E-state index contributed by atoms with van der Waals surface area (Å²) in [6, 6.07) is 15.1. The van der Waals surface area contributed by atoms with Crippen LogP contribution in [0.4, 0.5) is 0 Å². The number of carbonyl (C=O) groups is 2. The number of ether oxygens (including phenoxy) is 2. The summed E-state index contributed by atoms with van der Waals surface area (Å²) >= 11 is 0. The van der Waals surface area contributed by atoms with Crippen LogP contribution in [0.3, 0.4) is 0 Å². The van der Waals surface area contributed by atoms with E-state index in [4.69, 9.17) is 9.47 Å². The fourth-order valence-corrected chi connectivity index (χ4v) is 2.00. The summed E-state index contributed by atoms with van der Waals surface area (Å²) in [5, 5.41) is 0. The predicted octanol–water partition coefficient (Wildman–Crippen LogP) is 4.25. The number of benzene rings is 2. The lowest BCUT2D eigenvalue weighted by Crippen LogP contribution is -2.10. The van der Waals surface area contributed by atoms with Crippen molar-refractivity contribution in [3.05, 3.63) is 65.7 Å². The summed E-state index contributed by atoms with van der Waals surface area (Å²) in [7, 11) is 0. The van der Waals surface area contributed by atoms with E-state index in [1.165, 1.54) is 0 Å². The van der Waals surface area contributed by atoms with Gasteiger partial charge in [0, 0.05) is 0 Å². The molecular weight excluding hydrogens is 292 g/mol. The maximum atomic E-state index is 12.0. The average molecular weight is 312 g/mol. The topological polar surface area (TPSA) is 52.6 Å². The van der Waals surface area contributed by atoms with E-state index in [2.05, 4.69) is 6.92 Å². The van der Waals surface area contributed by atoms with Crippen LogP contribution in [0, 0.1) is 0 Å². The molecule has 0 N–H and O–H groups in total. The lowest BCUT2D eigenvalue weighted by molar-refractivity contribution is 0.0497. The minimum atomic E-state index is -0.459. The van der Waals surface area contributed by atoms with E-state index in [0.717, 1.165) is 19.3 Å². The summed E-state index contributed by atoms with van der Waals surface area (Å²) in [6.45, 7) is 2.51. The summed E-state index contributed by atoms with van der Waals surface area (Å²) in [5.41, 5.74) is 0.814. The largest absolute Gasteiger partial charge is 0.462 e. The highest BCUT2D eigenvalue weighted by molar-refractivity contribution is 5.94. The molecule has 0 aliphatic heterocycles. The molecule has 4 nitrogen and oxygen atoms in total. The van der Waals surface area contributed by atoms with Gasteiger partial charge in [-0.1, -0.05) is 38.0 Å². The first-order valence-electron chi connectivity index (χ1n) is 7.75. The zero-order chi connectivity index (χ0) is 16.5. The Morgan fingerprint density at radius 1 is 0.826 bits per heavy atom. The molecule has 0 saturated heterocycles. The van der Waals surface area contributed by atoms with Gasteiger partial charge < -0.3 is 9.47 Å². The number of carbonyl (C=O) groups excluding carboxylic acids is 2. The van der Waals surface area contributed by atoms with Crippen LogP contribution in [-0.2, 0) is 4.74 Å². The Morgan fingerprint density at radius 2 is 1.43 bits per heavy atom. The number of hydrogen-bond donors (Lipinski definition) is 0. The van der Waals surface area contributed by atoms with E-state index in [0.29, 0.717) is 23.5 Å². The van der Waals surface area contributed by atoms with E-state index < -0.39 is 5.97 Å². The molecule has 0 unspecified atom stereocenters. The zero-order valence-corrected chi connectivity index (χ0v) is 13.2. The number of unbranched alkanes of at least 4 members (excludes halogenated alkanes) is 2. The molecule has 23 heavy (non-hydrogen) atoms. The molecule has 0 saturated carbocycles. The van der Waals surface area contributed by atoms with Gasteiger partial charge in [0.25, 0.3) is 0 Å². The van der Waals surface area contributed by atoms with Crippen LogP contribution in [0.15, 0.2) is 54.6 Å². The molecular formula is C19H20O4. The van der Waals surface area contributed by atoms with Crippen molar-refractivity contribution in [2.75, 3.05) is 6.61 Å². The Morgan fingerprint density at radius 3 is 2.04 bits per heavy atom. The lowest BCUT2D eigenvalue weighted by Gasteiger charge is -2.06. The Kier molecular flexibility index (Phi) is 6.36. The zero-order valence-electron chi connectivity index (χ0n) is 13.2. The van der Waals surface area contributed by atoms with Crippen LogP contribution in [-0.4, -0.2) is 18.5 Å². The molecule has 4 heteroatoms. The van der Waals surface area contributed by atoms with E-state index in [-0.39, 0.29) is 5.97 Å². The predicted molar refractivity (Wildman–Crippen MR) is 87.7 cm³/mol. The number of rotatable bonds is 7. The standard InChI is InChI=1S/C19H20O4/c1-2-3-7-14-22-18(20)15-10-12-16(13-11-15)19(21)23-17-8-5-4-6-9-17/h4-6,8-13H,2-3,7,14H2,1H3. The first-order chi connectivity index (χ1) is 11.2. The van der Waals surface area contributed by atoms with Crippen LogP contribution in [0.5, 0.6) is 5.75 Å². The summed E-state index contributed by atoms with van der Waals surface area (Å²) in [4.78, 5) is 23.8. The Bertz CT molecular complexity index is 632. The maximum Gasteiger partial charge on any atom is 0.343 e. The molecule has 0 atom stereocenters. The third-order valence-corrected chi connectivity index (χ3v) is 3.29. The van der Waals surface area contributed by atoms with Crippen molar-refractivity contribution in [3.8, 4) is 5.75 Å². The molecule has 120 valence electrons. The molecule has 2 rings (SSSR count). The number of para-hydroxylation sites is 1. The van der Waals surface area contributed by atoms with Crippen LogP contribution in [0.25, 0.3) is 0 Å². The second kappa shape index (κ2) is 8.73. The Labute approximate surface area is 136 Å². The van der Waals surface area contributed by atoms with Gasteiger partial charge in [0.2, 0.25) is 0 Å². The minimum Gasteiger partial charge on any atom is -0.462 e. The molecule has 0 fully saturated rings. The van der Waals surface area contributed by atoms with E-state index in [9.17, 15) is 9.59 Å². The normalized spacial score (nSPS) is 10.1. The molecule has 0 aliphatic carbocycles. The first kappa shape index (κ1) is 16.7. The molecule has 2 aromatic carbocycles. The smallest absolute Gasteiger partial charge is 0.343 e. The van der Waals surface area contributed by atoms with Gasteiger partial charge in [-0.2, -0.15) is 0 Å². The first-order valence-corrected chi connectivity index (χ1v) is 7.75. The monoisotopic (exact) mass is 312 g/mol. The highest BCUT2D eigenvalue weighted by Gasteiger charge is 2.11. The molecule has 0 aromatic heterocycles. The van der Waals surface area contributed by atoms with Gasteiger partial charge in [0.05, 0.1) is 17.7 Å². The average Bonchev–Trinajstić information content (AvgIpc) is 2.59. The van der Waals surface area contributed by atoms with E-state index in [1.807, 2.05) is 6.07 Å². The summed E-state index contributed by atoms with van der Waals surface area (Å²) in [6.07, 6.45) is 2.98. The third kappa shape index (κ3) is 5.25. The molecule has 0 aliphatic rings. The van der Waals surface area contributed by atoms with Crippen molar-refractivity contribution in [2.45, 2.75) is 26.2 Å². The Hall–Kier alpha value is -2.62. The van der Waals surface area contributed by atoms with Crippen LogP contribution >= 0.6 is 0 Å². The highest BCUT2D eigenvalue weighted by Crippen LogP contribution is 2.13. The minimum absolute atomic E-state index is 0.371. The van der Waals surface area contributed by atoms with Crippen LogP contribution in [0.1, 0.15) is 46.9 Å². The van der Waals surface area contributed by atoms with Crippen LogP contribution in [0.2, 0.25) is 0 Å². The summed E-state index contributed by atoms with van der Waals surface area (Å²) in [5.74, 6) is -0.347. The fraction of sp³-hybridized carbons (Fsp3) is 0.263. The van der Waals surface area contributed by atoms with Crippen molar-refractivity contribution in [1.29, 1.82) is 0 Å². The van der Waals surface area contributed by atoms with Crippen molar-refractivity contribution in [3.63, 3.8) is 0 Å². The van der Waals surface area contributed by atoms with E-state index in [1.54, 1.807) is 48.5 Å². The molecule has 2 aromatic rings. The van der Waals surface area contributed by atoms with E-state index >= 15 is 0 Å². The van der Waals surface area contributed by atoms with Crippen LogP contribution < -0.4 is 4.74 Å². The van der Waals surface area contributed by atoms with Gasteiger partial charge in [-0.05, 0) is 42.8 Å². The van der Waals surface area contributed by atoms with Gasteiger partial charge in [-0.3, -0.25) is 0 Å². The summed E-state index contributed by atoms with van der Waals surface area (Å²) < 4.78 is 10.4. The second-order valence-electron chi connectivity index (χ2n) is 5.12. The van der Waals surface area contributed by atoms with Gasteiger partial charge in [-0.25, -0.2) is 9.59 Å². The quantitative estimate of drug-likeness (QED) is 0.435. The number of esters is 2. The molecule has 0 spiro atoms. The van der Waals surface area contributed by atoms with Crippen molar-refractivity contribution >= 4 is 11.9 Å². The number of hydrogen-bond acceptors (Lipinski definition) is 4. The Balaban J connectivity index is 1.91. The molecule has 0 amide bonds. The molecule has 0 radical (unpaired) electrons. The highest BCUT2D eigenvalue weighted by atomic mass is 16.5. The van der Waals surface area contributed by atoms with Gasteiger partial charge in [0.15, 0.2) is 0 Å². The maximum absolute atomic E-state index is 12.0.